The molecule has 0 saturated heterocycles. The van der Waals surface area contributed by atoms with E-state index in [-0.39, 0.29) is 0 Å². The van der Waals surface area contributed by atoms with Crippen LogP contribution in [-0.4, -0.2) is 54.8 Å². The molecular weight excluding hydrogens is 256 g/mol. The summed E-state index contributed by atoms with van der Waals surface area (Å²) in [6.45, 7) is 7.31. The van der Waals surface area contributed by atoms with Crippen LogP contribution in [0.25, 0.3) is 0 Å². The molecule has 20 heavy (non-hydrogen) atoms. The third kappa shape index (κ3) is 6.45. The molecule has 0 bridgehead atoms. The van der Waals surface area contributed by atoms with Crippen molar-refractivity contribution in [2.45, 2.75) is 39.3 Å². The summed E-state index contributed by atoms with van der Waals surface area (Å²) in [5.41, 5.74) is 0. The van der Waals surface area contributed by atoms with Gasteiger partial charge in [-0.15, -0.1) is 0 Å². The Morgan fingerprint density at radius 1 is 1.30 bits per heavy atom. The van der Waals surface area contributed by atoms with Gasteiger partial charge >= 0.3 is 0 Å². The SMILES string of the molecule is CNC(CCOCCOC)Cc1ncnn1CC(C)C. The van der Waals surface area contributed by atoms with Gasteiger partial charge in [0.25, 0.3) is 0 Å². The molecule has 0 aliphatic rings. The average molecular weight is 284 g/mol. The van der Waals surface area contributed by atoms with E-state index in [1.807, 2.05) is 11.7 Å². The Labute approximate surface area is 121 Å². The van der Waals surface area contributed by atoms with Crippen molar-refractivity contribution in [2.75, 3.05) is 34.0 Å². The molecule has 0 aliphatic carbocycles. The van der Waals surface area contributed by atoms with Crippen LogP contribution in [0, 0.1) is 5.92 Å². The maximum absolute atomic E-state index is 5.51. The van der Waals surface area contributed by atoms with E-state index < -0.39 is 0 Å². The predicted molar refractivity (Wildman–Crippen MR) is 78.7 cm³/mol. The van der Waals surface area contributed by atoms with E-state index >= 15 is 0 Å². The lowest BCUT2D eigenvalue weighted by Crippen LogP contribution is -2.30. The highest BCUT2D eigenvalue weighted by molar-refractivity contribution is 4.89. The molecule has 6 heteroatoms. The van der Waals surface area contributed by atoms with Gasteiger partial charge in [0.1, 0.15) is 12.2 Å². The van der Waals surface area contributed by atoms with Crippen LogP contribution in [0.4, 0.5) is 0 Å². The molecule has 0 fully saturated rings. The second-order valence-electron chi connectivity index (χ2n) is 5.34. The van der Waals surface area contributed by atoms with Crippen molar-refractivity contribution in [1.29, 1.82) is 0 Å². The topological polar surface area (TPSA) is 61.2 Å². The Bertz CT molecular complexity index is 355. The fraction of sp³-hybridized carbons (Fsp3) is 0.857. The lowest BCUT2D eigenvalue weighted by Gasteiger charge is -2.16. The molecule has 0 radical (unpaired) electrons. The molecule has 1 unspecified atom stereocenters. The summed E-state index contributed by atoms with van der Waals surface area (Å²) in [7, 11) is 3.66. The van der Waals surface area contributed by atoms with Crippen molar-refractivity contribution >= 4 is 0 Å². The van der Waals surface area contributed by atoms with Gasteiger partial charge < -0.3 is 14.8 Å². The summed E-state index contributed by atoms with van der Waals surface area (Å²) in [6, 6.07) is 0.354. The summed E-state index contributed by atoms with van der Waals surface area (Å²) in [4.78, 5) is 4.37. The third-order valence-corrected chi connectivity index (χ3v) is 3.11. The normalized spacial score (nSPS) is 13.1. The maximum atomic E-state index is 5.51. The van der Waals surface area contributed by atoms with Crippen LogP contribution in [-0.2, 0) is 22.4 Å². The number of aromatic nitrogens is 3. The number of ether oxygens (including phenoxy) is 2. The average Bonchev–Trinajstić information content (AvgIpc) is 2.83. The number of methoxy groups -OCH3 is 1. The van der Waals surface area contributed by atoms with E-state index in [1.54, 1.807) is 13.4 Å². The van der Waals surface area contributed by atoms with Gasteiger partial charge in [-0.3, -0.25) is 0 Å². The van der Waals surface area contributed by atoms with Crippen LogP contribution < -0.4 is 5.32 Å². The monoisotopic (exact) mass is 284 g/mol. The molecular formula is C14H28N4O2. The fourth-order valence-corrected chi connectivity index (χ4v) is 1.98. The molecule has 1 rings (SSSR count). The molecule has 1 heterocycles. The molecule has 1 aromatic heterocycles. The van der Waals surface area contributed by atoms with Crippen LogP contribution >= 0.6 is 0 Å². The van der Waals surface area contributed by atoms with Gasteiger partial charge in [0.05, 0.1) is 13.2 Å². The Hall–Kier alpha value is -0.980. The number of rotatable bonds is 11. The summed E-state index contributed by atoms with van der Waals surface area (Å²) in [5, 5.41) is 7.61. The highest BCUT2D eigenvalue weighted by Crippen LogP contribution is 2.06. The molecule has 0 aromatic carbocycles. The van der Waals surface area contributed by atoms with Gasteiger partial charge in [0.2, 0.25) is 0 Å². The van der Waals surface area contributed by atoms with E-state index in [2.05, 4.69) is 29.2 Å². The van der Waals surface area contributed by atoms with Crippen molar-refractivity contribution in [3.63, 3.8) is 0 Å². The van der Waals surface area contributed by atoms with Gasteiger partial charge in [-0.25, -0.2) is 9.67 Å². The number of nitrogens with zero attached hydrogens (tertiary/aromatic N) is 3. The van der Waals surface area contributed by atoms with Crippen molar-refractivity contribution in [1.82, 2.24) is 20.1 Å². The zero-order valence-electron chi connectivity index (χ0n) is 13.1. The smallest absolute Gasteiger partial charge is 0.138 e. The number of hydrogen-bond acceptors (Lipinski definition) is 5. The molecule has 1 aromatic rings. The van der Waals surface area contributed by atoms with Crippen LogP contribution in [0.5, 0.6) is 0 Å². The Morgan fingerprint density at radius 2 is 2.10 bits per heavy atom. The van der Waals surface area contributed by atoms with Crippen molar-refractivity contribution < 1.29 is 9.47 Å². The summed E-state index contributed by atoms with van der Waals surface area (Å²) >= 11 is 0. The van der Waals surface area contributed by atoms with E-state index in [4.69, 9.17) is 9.47 Å². The van der Waals surface area contributed by atoms with Gasteiger partial charge in [0, 0.05) is 32.7 Å². The van der Waals surface area contributed by atoms with Crippen LogP contribution in [0.1, 0.15) is 26.1 Å². The summed E-state index contributed by atoms with van der Waals surface area (Å²) in [6.07, 6.45) is 3.46. The second kappa shape index (κ2) is 9.85. The van der Waals surface area contributed by atoms with Gasteiger partial charge in [0.15, 0.2) is 0 Å². The zero-order chi connectivity index (χ0) is 14.8. The largest absolute Gasteiger partial charge is 0.382 e. The second-order valence-corrected chi connectivity index (χ2v) is 5.34. The zero-order valence-corrected chi connectivity index (χ0v) is 13.1. The quantitative estimate of drug-likeness (QED) is 0.617. The maximum Gasteiger partial charge on any atom is 0.138 e. The lowest BCUT2D eigenvalue weighted by molar-refractivity contribution is 0.0660. The predicted octanol–water partition coefficient (Wildman–Crippen LogP) is 1.12. The minimum Gasteiger partial charge on any atom is -0.382 e. The first-order valence-electron chi connectivity index (χ1n) is 7.28. The van der Waals surface area contributed by atoms with E-state index in [0.717, 1.165) is 31.8 Å². The molecule has 0 spiro atoms. The van der Waals surface area contributed by atoms with E-state index in [9.17, 15) is 0 Å². The highest BCUT2D eigenvalue weighted by Gasteiger charge is 2.13. The molecule has 1 N–H and O–H groups in total. The van der Waals surface area contributed by atoms with E-state index in [1.165, 1.54) is 0 Å². The highest BCUT2D eigenvalue weighted by atomic mass is 16.5. The first kappa shape index (κ1) is 17.1. The van der Waals surface area contributed by atoms with E-state index in [0.29, 0.717) is 25.2 Å². The number of hydrogen-bond donors (Lipinski definition) is 1. The molecule has 6 nitrogen and oxygen atoms in total. The summed E-state index contributed by atoms with van der Waals surface area (Å²) < 4.78 is 12.5. The first-order valence-corrected chi connectivity index (χ1v) is 7.28. The third-order valence-electron chi connectivity index (χ3n) is 3.11. The van der Waals surface area contributed by atoms with Gasteiger partial charge in [-0.1, -0.05) is 13.8 Å². The number of likely N-dealkylation sites (N-methyl/N-ethyl adjacent to an activating group) is 1. The molecule has 116 valence electrons. The molecule has 0 amide bonds. The molecule has 0 aliphatic heterocycles. The van der Waals surface area contributed by atoms with Crippen molar-refractivity contribution in [3.05, 3.63) is 12.2 Å². The Kier molecular flexibility index (Phi) is 8.41. The summed E-state index contributed by atoms with van der Waals surface area (Å²) in [5.74, 6) is 1.61. The minimum absolute atomic E-state index is 0.354. The molecule has 1 atom stereocenters. The van der Waals surface area contributed by atoms with Crippen LogP contribution in [0.2, 0.25) is 0 Å². The minimum atomic E-state index is 0.354. The van der Waals surface area contributed by atoms with Crippen LogP contribution in [0.3, 0.4) is 0 Å². The standard InChI is InChI=1S/C14H28N4O2/c1-12(2)10-18-14(16-11-17-18)9-13(15-3)5-6-20-8-7-19-4/h11-13,15H,5-10H2,1-4H3. The molecule has 0 saturated carbocycles. The Morgan fingerprint density at radius 3 is 2.75 bits per heavy atom. The van der Waals surface area contributed by atoms with Crippen LogP contribution in [0.15, 0.2) is 6.33 Å². The van der Waals surface area contributed by atoms with Crippen molar-refractivity contribution in [2.24, 2.45) is 5.92 Å². The first-order chi connectivity index (χ1) is 9.67. The number of nitrogens with one attached hydrogen (secondary N) is 1. The fourth-order valence-electron chi connectivity index (χ4n) is 1.98. The van der Waals surface area contributed by atoms with Crippen molar-refractivity contribution in [3.8, 4) is 0 Å². The lowest BCUT2D eigenvalue weighted by atomic mass is 10.1. The van der Waals surface area contributed by atoms with Gasteiger partial charge in [-0.2, -0.15) is 5.10 Å². The van der Waals surface area contributed by atoms with Gasteiger partial charge in [-0.05, 0) is 19.4 Å². The Balaban J connectivity index is 2.37.